The van der Waals surface area contributed by atoms with Gasteiger partial charge in [0.15, 0.2) is 11.6 Å². The number of aryl methyl sites for hydroxylation is 1. The lowest BCUT2D eigenvalue weighted by Crippen LogP contribution is -2.33. The molecule has 1 atom stereocenters. The van der Waals surface area contributed by atoms with Gasteiger partial charge >= 0.3 is 6.61 Å². The molecule has 1 aliphatic rings. The van der Waals surface area contributed by atoms with Crippen molar-refractivity contribution in [2.45, 2.75) is 32.0 Å². The Morgan fingerprint density at radius 2 is 1.84 bits per heavy atom. The first-order valence-corrected chi connectivity index (χ1v) is 11.3. The number of fused-ring (bicyclic) bond motifs is 4. The summed E-state index contributed by atoms with van der Waals surface area (Å²) in [5.74, 6) is -2.82. The number of nitrogens with two attached hydrogens (primary N) is 1. The molecule has 3 aromatic carbocycles. The molecule has 1 aliphatic heterocycles. The SMILES string of the molecule is N=C(N)c1ccc(N[C@H]2C(=O)NCc3cc(cc(F)c3OC(F)F)NC(=O)CCc3cccc2c3)cc1. The predicted octanol–water partition coefficient (Wildman–Crippen LogP) is 4.07. The van der Waals surface area contributed by atoms with E-state index in [1.54, 1.807) is 42.5 Å². The average Bonchev–Trinajstić information content (AvgIpc) is 2.86. The monoisotopic (exact) mass is 511 g/mol. The molecular formula is C26H24F3N5O3. The standard InChI is InChI=1S/C26H24F3N5O3/c27-20-12-19-11-17(23(20)37-26(28)29)13-32-25(36)22(34-18-7-5-15(6-8-18)24(30)31)16-3-1-2-14(10-16)4-9-21(35)33-19/h1-3,5-8,10-12,22,26,34H,4,9,13H2,(H3,30,31)(H,32,36)(H,33,35)/t22-/m1/s1. The minimum atomic E-state index is -3.29. The molecule has 8 nitrogen and oxygen atoms in total. The molecule has 0 saturated carbocycles. The minimum absolute atomic E-state index is 0.0550. The van der Waals surface area contributed by atoms with E-state index >= 15 is 0 Å². The summed E-state index contributed by atoms with van der Waals surface area (Å²) in [5.41, 5.74) is 7.96. The van der Waals surface area contributed by atoms with Gasteiger partial charge in [-0.2, -0.15) is 8.78 Å². The quantitative estimate of drug-likeness (QED) is 0.261. The Morgan fingerprint density at radius 1 is 1.08 bits per heavy atom. The van der Waals surface area contributed by atoms with Crippen LogP contribution >= 0.6 is 0 Å². The van der Waals surface area contributed by atoms with Crippen LogP contribution in [0.25, 0.3) is 0 Å². The smallest absolute Gasteiger partial charge is 0.387 e. The lowest BCUT2D eigenvalue weighted by molar-refractivity contribution is -0.122. The summed E-state index contributed by atoms with van der Waals surface area (Å²) in [4.78, 5) is 25.8. The Labute approximate surface area is 210 Å². The van der Waals surface area contributed by atoms with Crippen molar-refractivity contribution in [2.24, 2.45) is 5.73 Å². The molecule has 6 N–H and O–H groups in total. The number of carbonyl (C=O) groups is 2. The second-order valence-corrected chi connectivity index (χ2v) is 8.40. The molecule has 192 valence electrons. The Morgan fingerprint density at radius 3 is 2.54 bits per heavy atom. The fourth-order valence-corrected chi connectivity index (χ4v) is 3.98. The average molecular weight is 512 g/mol. The number of nitrogen functional groups attached to an aromatic ring is 1. The van der Waals surface area contributed by atoms with Gasteiger partial charge in [-0.05, 0) is 47.9 Å². The van der Waals surface area contributed by atoms with Crippen LogP contribution in [0.3, 0.4) is 0 Å². The summed E-state index contributed by atoms with van der Waals surface area (Å²) in [5, 5.41) is 15.9. The van der Waals surface area contributed by atoms with Gasteiger partial charge in [0.05, 0.1) is 0 Å². The lowest BCUT2D eigenvalue weighted by atomic mass is 9.99. The molecule has 4 bridgehead atoms. The number of benzene rings is 3. The van der Waals surface area contributed by atoms with E-state index in [4.69, 9.17) is 11.1 Å². The van der Waals surface area contributed by atoms with Crippen LogP contribution in [0, 0.1) is 11.2 Å². The highest BCUT2D eigenvalue weighted by Crippen LogP contribution is 2.30. The van der Waals surface area contributed by atoms with Crippen molar-refractivity contribution in [3.05, 3.63) is 88.7 Å². The van der Waals surface area contributed by atoms with Gasteiger partial charge in [0.1, 0.15) is 11.9 Å². The molecule has 3 aromatic rings. The molecule has 4 rings (SSSR count). The number of halogens is 3. The van der Waals surface area contributed by atoms with E-state index in [0.29, 0.717) is 23.2 Å². The van der Waals surface area contributed by atoms with Crippen molar-refractivity contribution in [1.82, 2.24) is 5.32 Å². The van der Waals surface area contributed by atoms with Crippen molar-refractivity contribution < 1.29 is 27.5 Å². The maximum absolute atomic E-state index is 14.6. The van der Waals surface area contributed by atoms with Crippen LogP contribution in [0.2, 0.25) is 0 Å². The van der Waals surface area contributed by atoms with E-state index in [-0.39, 0.29) is 36.0 Å². The van der Waals surface area contributed by atoms with E-state index < -0.39 is 30.1 Å². The van der Waals surface area contributed by atoms with Crippen LogP contribution in [0.15, 0.2) is 60.7 Å². The van der Waals surface area contributed by atoms with Gasteiger partial charge in [-0.1, -0.05) is 24.3 Å². The first-order chi connectivity index (χ1) is 17.7. The number of amides is 2. The molecule has 0 radical (unpaired) electrons. The number of anilines is 2. The summed E-state index contributed by atoms with van der Waals surface area (Å²) >= 11 is 0. The van der Waals surface area contributed by atoms with Crippen molar-refractivity contribution >= 4 is 29.0 Å². The summed E-state index contributed by atoms with van der Waals surface area (Å²) in [6.07, 6.45) is 0.426. The third-order valence-electron chi connectivity index (χ3n) is 5.76. The Balaban J connectivity index is 1.70. The molecule has 0 saturated heterocycles. The molecule has 37 heavy (non-hydrogen) atoms. The van der Waals surface area contributed by atoms with E-state index in [1.165, 1.54) is 6.07 Å². The van der Waals surface area contributed by atoms with E-state index in [9.17, 15) is 22.8 Å². The second kappa shape index (κ2) is 11.0. The highest BCUT2D eigenvalue weighted by Gasteiger charge is 2.24. The van der Waals surface area contributed by atoms with Crippen LogP contribution in [-0.4, -0.2) is 24.3 Å². The van der Waals surface area contributed by atoms with Gasteiger partial charge in [-0.15, -0.1) is 0 Å². The van der Waals surface area contributed by atoms with Gasteiger partial charge in [0.25, 0.3) is 0 Å². The Bertz CT molecular complexity index is 1330. The molecular weight excluding hydrogens is 487 g/mol. The van der Waals surface area contributed by atoms with Gasteiger partial charge in [-0.3, -0.25) is 15.0 Å². The normalized spacial score (nSPS) is 15.8. The number of hydrogen-bond acceptors (Lipinski definition) is 5. The van der Waals surface area contributed by atoms with Crippen molar-refractivity contribution in [3.63, 3.8) is 0 Å². The van der Waals surface area contributed by atoms with Crippen molar-refractivity contribution in [2.75, 3.05) is 10.6 Å². The fraction of sp³-hybridized carbons (Fsp3) is 0.192. The number of carbonyl (C=O) groups excluding carboxylic acids is 2. The van der Waals surface area contributed by atoms with Crippen molar-refractivity contribution in [1.29, 1.82) is 5.41 Å². The third kappa shape index (κ3) is 6.37. The fourth-order valence-electron chi connectivity index (χ4n) is 3.98. The molecule has 0 unspecified atom stereocenters. The summed E-state index contributed by atoms with van der Waals surface area (Å²) in [6, 6.07) is 15.0. The molecule has 0 fully saturated rings. The minimum Gasteiger partial charge on any atom is -0.431 e. The number of hydrogen-bond donors (Lipinski definition) is 5. The molecule has 11 heteroatoms. The number of amidine groups is 1. The maximum atomic E-state index is 14.6. The second-order valence-electron chi connectivity index (χ2n) is 8.40. The van der Waals surface area contributed by atoms with Crippen LogP contribution in [0.5, 0.6) is 5.75 Å². The van der Waals surface area contributed by atoms with Crippen LogP contribution in [0.1, 0.15) is 34.7 Å². The molecule has 0 aromatic heterocycles. The largest absolute Gasteiger partial charge is 0.431 e. The number of nitrogens with one attached hydrogen (secondary N) is 4. The van der Waals surface area contributed by atoms with E-state index in [1.807, 2.05) is 6.07 Å². The zero-order valence-electron chi connectivity index (χ0n) is 19.5. The predicted molar refractivity (Wildman–Crippen MR) is 132 cm³/mol. The summed E-state index contributed by atoms with van der Waals surface area (Å²) < 4.78 is 44.9. The summed E-state index contributed by atoms with van der Waals surface area (Å²) in [6.45, 7) is -3.63. The number of alkyl halides is 2. The van der Waals surface area contributed by atoms with Crippen LogP contribution in [-0.2, 0) is 22.6 Å². The zero-order valence-corrected chi connectivity index (χ0v) is 19.5. The highest BCUT2D eigenvalue weighted by molar-refractivity contribution is 5.95. The van der Waals surface area contributed by atoms with Gasteiger partial charge in [-0.25, -0.2) is 4.39 Å². The molecule has 0 spiro atoms. The number of ether oxygens (including phenoxy) is 1. The maximum Gasteiger partial charge on any atom is 0.387 e. The van der Waals surface area contributed by atoms with Crippen molar-refractivity contribution in [3.8, 4) is 5.75 Å². The lowest BCUT2D eigenvalue weighted by Gasteiger charge is -2.22. The highest BCUT2D eigenvalue weighted by atomic mass is 19.3. The molecule has 2 amide bonds. The Hall–Kier alpha value is -4.54. The van der Waals surface area contributed by atoms with Gasteiger partial charge in [0, 0.05) is 41.5 Å². The number of rotatable bonds is 5. The van der Waals surface area contributed by atoms with Gasteiger partial charge in [0.2, 0.25) is 11.8 Å². The zero-order chi connectivity index (χ0) is 26.5. The first kappa shape index (κ1) is 25.5. The van der Waals surface area contributed by atoms with Crippen LogP contribution in [0.4, 0.5) is 24.5 Å². The molecule has 1 heterocycles. The molecule has 0 aliphatic carbocycles. The van der Waals surface area contributed by atoms with Crippen LogP contribution < -0.4 is 26.4 Å². The van der Waals surface area contributed by atoms with E-state index in [2.05, 4.69) is 20.7 Å². The van der Waals surface area contributed by atoms with E-state index in [0.717, 1.165) is 11.6 Å². The Kier molecular flexibility index (Phi) is 7.61. The third-order valence-corrected chi connectivity index (χ3v) is 5.76. The first-order valence-electron chi connectivity index (χ1n) is 11.3. The topological polar surface area (TPSA) is 129 Å². The summed E-state index contributed by atoms with van der Waals surface area (Å²) in [7, 11) is 0. The van der Waals surface area contributed by atoms with Gasteiger partial charge < -0.3 is 26.4 Å².